The molecule has 0 saturated heterocycles. The van der Waals surface area contributed by atoms with Crippen molar-refractivity contribution >= 4 is 0 Å². The number of rotatable bonds is 6. The van der Waals surface area contributed by atoms with E-state index in [2.05, 4.69) is 14.9 Å². The van der Waals surface area contributed by atoms with Gasteiger partial charge in [0, 0.05) is 0 Å². The van der Waals surface area contributed by atoms with E-state index in [0.717, 1.165) is 12.8 Å². The lowest BCUT2D eigenvalue weighted by Gasteiger charge is -2.17. The highest BCUT2D eigenvalue weighted by molar-refractivity contribution is 5.04. The van der Waals surface area contributed by atoms with Crippen molar-refractivity contribution < 1.29 is 26.8 Å². The summed E-state index contributed by atoms with van der Waals surface area (Å²) in [4.78, 5) is 3.97. The minimum Gasteiger partial charge on any atom is -0.367 e. The molecular formula is C11H15F4N3O2. The second-order valence-corrected chi connectivity index (χ2v) is 4.93. The van der Waals surface area contributed by atoms with Crippen molar-refractivity contribution in [3.8, 4) is 0 Å². The number of halogens is 4. The molecule has 0 atom stereocenters. The fourth-order valence-corrected chi connectivity index (χ4v) is 2.08. The first-order valence-electron chi connectivity index (χ1n) is 6.19. The van der Waals surface area contributed by atoms with Crippen molar-refractivity contribution in [2.45, 2.75) is 50.2 Å². The maximum Gasteiger partial charge on any atom is 0.330 e. The van der Waals surface area contributed by atoms with Crippen LogP contribution in [0.15, 0.2) is 4.52 Å². The van der Waals surface area contributed by atoms with E-state index in [-0.39, 0.29) is 11.7 Å². The monoisotopic (exact) mass is 297 g/mol. The molecule has 0 aromatic carbocycles. The Morgan fingerprint density at radius 3 is 2.60 bits per heavy atom. The molecule has 0 spiro atoms. The Kier molecular flexibility index (Phi) is 4.28. The molecule has 0 aliphatic heterocycles. The van der Waals surface area contributed by atoms with Gasteiger partial charge in [0.05, 0.1) is 5.54 Å². The van der Waals surface area contributed by atoms with E-state index >= 15 is 0 Å². The van der Waals surface area contributed by atoms with E-state index in [4.69, 9.17) is 10.3 Å². The van der Waals surface area contributed by atoms with Crippen molar-refractivity contribution in [2.75, 3.05) is 6.61 Å². The Balaban J connectivity index is 1.87. The molecule has 1 aromatic rings. The zero-order valence-electron chi connectivity index (χ0n) is 10.6. The number of hydrogen-bond donors (Lipinski definition) is 1. The lowest BCUT2D eigenvalue weighted by atomic mass is 9.99. The van der Waals surface area contributed by atoms with Gasteiger partial charge in [0.15, 0.2) is 5.82 Å². The van der Waals surface area contributed by atoms with Crippen molar-refractivity contribution in [3.05, 3.63) is 11.7 Å². The third-order valence-electron chi connectivity index (χ3n) is 3.23. The molecular weight excluding hydrogens is 282 g/mol. The van der Waals surface area contributed by atoms with Gasteiger partial charge in [-0.15, -0.1) is 0 Å². The Labute approximate surface area is 112 Å². The van der Waals surface area contributed by atoms with Crippen LogP contribution >= 0.6 is 0 Å². The largest absolute Gasteiger partial charge is 0.367 e. The summed E-state index contributed by atoms with van der Waals surface area (Å²) in [7, 11) is 0. The van der Waals surface area contributed by atoms with Gasteiger partial charge in [-0.25, -0.2) is 8.78 Å². The average Bonchev–Trinajstić information content (AvgIpc) is 2.99. The van der Waals surface area contributed by atoms with E-state index in [1.54, 1.807) is 0 Å². The van der Waals surface area contributed by atoms with Crippen LogP contribution in [-0.4, -0.2) is 29.1 Å². The normalized spacial score (nSPS) is 18.9. The van der Waals surface area contributed by atoms with Crippen LogP contribution in [-0.2, 0) is 16.9 Å². The van der Waals surface area contributed by atoms with E-state index in [1.807, 2.05) is 0 Å². The fraction of sp³-hybridized carbons (Fsp3) is 0.818. The number of alkyl halides is 4. The van der Waals surface area contributed by atoms with Gasteiger partial charge < -0.3 is 15.0 Å². The van der Waals surface area contributed by atoms with E-state index in [9.17, 15) is 17.6 Å². The summed E-state index contributed by atoms with van der Waals surface area (Å²) in [6.07, 6.45) is -0.455. The van der Waals surface area contributed by atoms with E-state index in [0.29, 0.717) is 12.8 Å². The van der Waals surface area contributed by atoms with Crippen LogP contribution in [0.25, 0.3) is 0 Å². The summed E-state index contributed by atoms with van der Waals surface area (Å²) in [5.41, 5.74) is 5.39. The van der Waals surface area contributed by atoms with Crippen LogP contribution in [0.5, 0.6) is 0 Å². The van der Waals surface area contributed by atoms with Gasteiger partial charge in [-0.2, -0.15) is 13.8 Å². The maximum absolute atomic E-state index is 12.6. The highest BCUT2D eigenvalue weighted by atomic mass is 19.3. The lowest BCUT2D eigenvalue weighted by molar-refractivity contribution is -0.168. The van der Waals surface area contributed by atoms with Gasteiger partial charge >= 0.3 is 12.3 Å². The molecule has 0 unspecified atom stereocenters. The Hall–Kier alpha value is -1.22. The maximum atomic E-state index is 12.6. The van der Waals surface area contributed by atoms with Crippen LogP contribution in [0.2, 0.25) is 0 Å². The summed E-state index contributed by atoms with van der Waals surface area (Å²) in [5.74, 6) is -3.94. The van der Waals surface area contributed by atoms with E-state index in [1.165, 1.54) is 0 Å². The molecule has 1 fully saturated rings. The highest BCUT2D eigenvalue weighted by Gasteiger charge is 2.41. The summed E-state index contributed by atoms with van der Waals surface area (Å²) in [6.45, 7) is -1.83. The molecule has 0 radical (unpaired) electrons. The molecule has 9 heteroatoms. The minimum absolute atomic E-state index is 0.0155. The molecule has 1 aromatic heterocycles. The summed E-state index contributed by atoms with van der Waals surface area (Å²) < 4.78 is 58.5. The number of ether oxygens (including phenoxy) is 1. The molecule has 2 rings (SSSR count). The van der Waals surface area contributed by atoms with Crippen molar-refractivity contribution in [3.63, 3.8) is 0 Å². The first-order chi connectivity index (χ1) is 9.33. The number of nitrogens with two attached hydrogens (primary N) is 1. The van der Waals surface area contributed by atoms with Crippen molar-refractivity contribution in [1.82, 2.24) is 10.1 Å². The molecule has 2 N–H and O–H groups in total. The van der Waals surface area contributed by atoms with Crippen LogP contribution in [0, 0.1) is 0 Å². The van der Waals surface area contributed by atoms with Crippen LogP contribution in [0.4, 0.5) is 17.6 Å². The van der Waals surface area contributed by atoms with Gasteiger partial charge in [0.2, 0.25) is 5.89 Å². The number of aromatic nitrogens is 2. The molecule has 1 aliphatic carbocycles. The van der Waals surface area contributed by atoms with Crippen molar-refractivity contribution in [2.24, 2.45) is 5.73 Å². The molecule has 5 nitrogen and oxygen atoms in total. The second-order valence-electron chi connectivity index (χ2n) is 4.93. The second kappa shape index (κ2) is 5.65. The highest BCUT2D eigenvalue weighted by Crippen LogP contribution is 2.35. The Morgan fingerprint density at radius 2 is 2.00 bits per heavy atom. The predicted octanol–water partition coefficient (Wildman–Crippen LogP) is 2.21. The van der Waals surface area contributed by atoms with Gasteiger partial charge in [0.25, 0.3) is 0 Å². The fourth-order valence-electron chi connectivity index (χ4n) is 2.08. The summed E-state index contributed by atoms with van der Waals surface area (Å²) >= 11 is 0. The third kappa shape index (κ3) is 3.26. The molecule has 114 valence electrons. The first kappa shape index (κ1) is 15.2. The smallest absolute Gasteiger partial charge is 0.330 e. The molecule has 0 amide bonds. The van der Waals surface area contributed by atoms with Gasteiger partial charge in [-0.1, -0.05) is 18.0 Å². The molecule has 20 heavy (non-hydrogen) atoms. The third-order valence-corrected chi connectivity index (χ3v) is 3.23. The van der Waals surface area contributed by atoms with Crippen LogP contribution in [0.3, 0.4) is 0 Å². The minimum atomic E-state index is -4.19. The van der Waals surface area contributed by atoms with Gasteiger partial charge in [0.1, 0.15) is 13.2 Å². The zero-order chi connectivity index (χ0) is 14.8. The zero-order valence-corrected chi connectivity index (χ0v) is 10.6. The molecule has 1 saturated carbocycles. The average molecular weight is 297 g/mol. The SMILES string of the molecule is NC1(c2nc(COCC(F)(F)C(F)F)no2)CCCC1. The molecule has 1 aliphatic rings. The summed E-state index contributed by atoms with van der Waals surface area (Å²) in [5, 5.41) is 3.55. The Bertz CT molecular complexity index is 447. The van der Waals surface area contributed by atoms with Gasteiger partial charge in [-0.3, -0.25) is 0 Å². The number of nitrogens with zero attached hydrogens (tertiary/aromatic N) is 2. The van der Waals surface area contributed by atoms with Gasteiger partial charge in [-0.05, 0) is 12.8 Å². The molecule has 0 bridgehead atoms. The first-order valence-corrected chi connectivity index (χ1v) is 6.19. The quantitative estimate of drug-likeness (QED) is 0.815. The van der Waals surface area contributed by atoms with Crippen molar-refractivity contribution in [1.29, 1.82) is 0 Å². The van der Waals surface area contributed by atoms with Crippen LogP contribution < -0.4 is 5.73 Å². The van der Waals surface area contributed by atoms with E-state index < -0.39 is 31.1 Å². The predicted molar refractivity (Wildman–Crippen MR) is 59.2 cm³/mol. The Morgan fingerprint density at radius 1 is 1.35 bits per heavy atom. The lowest BCUT2D eigenvalue weighted by Crippen LogP contribution is -2.33. The number of hydrogen-bond acceptors (Lipinski definition) is 5. The van der Waals surface area contributed by atoms with Crippen LogP contribution in [0.1, 0.15) is 37.4 Å². The standard InChI is InChI=1S/C11H15F4N3O2/c12-8(13)11(14,15)6-19-5-7-17-9(20-18-7)10(16)3-1-2-4-10/h8H,1-6,16H2. The summed E-state index contributed by atoms with van der Waals surface area (Å²) in [6, 6.07) is 0. The topological polar surface area (TPSA) is 74.2 Å². The molecule has 1 heterocycles.